The maximum atomic E-state index is 12.4. The molecular formula is C22H25N5O. The van der Waals surface area contributed by atoms with Crippen LogP contribution in [0.25, 0.3) is 16.8 Å². The Morgan fingerprint density at radius 1 is 1.18 bits per heavy atom. The first-order valence-electron chi connectivity index (χ1n) is 10.1. The van der Waals surface area contributed by atoms with Crippen LogP contribution in [-0.4, -0.2) is 33.1 Å². The second-order valence-electron chi connectivity index (χ2n) is 8.18. The number of aromatic nitrogens is 3. The number of aryl methyl sites for hydroxylation is 2. The summed E-state index contributed by atoms with van der Waals surface area (Å²) in [6.45, 7) is 4.98. The molecule has 0 atom stereocenters. The van der Waals surface area contributed by atoms with Gasteiger partial charge in [-0.15, -0.1) is 0 Å². The number of carbonyl (C=O) groups is 1. The van der Waals surface area contributed by atoms with E-state index in [0.29, 0.717) is 6.04 Å². The zero-order valence-electron chi connectivity index (χ0n) is 16.3. The molecule has 2 saturated carbocycles. The van der Waals surface area contributed by atoms with Gasteiger partial charge < -0.3 is 10.6 Å². The molecule has 6 nitrogen and oxygen atoms in total. The van der Waals surface area contributed by atoms with Crippen molar-refractivity contribution in [3.05, 3.63) is 47.3 Å². The quantitative estimate of drug-likeness (QED) is 0.689. The topological polar surface area (TPSA) is 71.3 Å². The van der Waals surface area contributed by atoms with E-state index in [-0.39, 0.29) is 5.91 Å². The first kappa shape index (κ1) is 17.2. The molecule has 2 heterocycles. The Morgan fingerprint density at radius 3 is 2.71 bits per heavy atom. The van der Waals surface area contributed by atoms with Crippen LogP contribution in [0.4, 0.5) is 5.82 Å². The summed E-state index contributed by atoms with van der Waals surface area (Å²) in [5.41, 5.74) is 5.52. The van der Waals surface area contributed by atoms with Crippen molar-refractivity contribution in [3.63, 3.8) is 0 Å². The smallest absolute Gasteiger partial charge is 0.251 e. The highest BCUT2D eigenvalue weighted by molar-refractivity contribution is 5.97. The zero-order valence-corrected chi connectivity index (χ0v) is 16.3. The number of carbonyl (C=O) groups excluding carboxylic acids is 1. The highest BCUT2D eigenvalue weighted by Gasteiger charge is 2.25. The Morgan fingerprint density at radius 2 is 2.00 bits per heavy atom. The third-order valence-corrected chi connectivity index (χ3v) is 5.56. The van der Waals surface area contributed by atoms with Crippen LogP contribution in [0.5, 0.6) is 0 Å². The van der Waals surface area contributed by atoms with Crippen molar-refractivity contribution in [1.82, 2.24) is 19.9 Å². The van der Waals surface area contributed by atoms with Crippen LogP contribution in [-0.2, 0) is 0 Å². The number of anilines is 1. The van der Waals surface area contributed by atoms with Crippen LogP contribution in [0, 0.1) is 19.8 Å². The SMILES string of the molecule is Cc1cc(NCC2CC2)n2ncc(-c3ccc(C(=O)NC4CC4)c(C)c3)c2n1. The van der Waals surface area contributed by atoms with Crippen LogP contribution in [0.1, 0.15) is 47.3 Å². The maximum absolute atomic E-state index is 12.4. The summed E-state index contributed by atoms with van der Waals surface area (Å²) < 4.78 is 1.88. The molecule has 3 aromatic rings. The van der Waals surface area contributed by atoms with Crippen molar-refractivity contribution in [2.45, 2.75) is 45.6 Å². The largest absolute Gasteiger partial charge is 0.370 e. The Kier molecular flexibility index (Phi) is 4.07. The van der Waals surface area contributed by atoms with Crippen molar-refractivity contribution < 1.29 is 4.79 Å². The molecule has 0 bridgehead atoms. The number of benzene rings is 1. The van der Waals surface area contributed by atoms with Crippen LogP contribution in [0.2, 0.25) is 0 Å². The van der Waals surface area contributed by atoms with E-state index in [1.807, 2.05) is 42.8 Å². The number of rotatable bonds is 6. The normalized spacial score (nSPS) is 16.4. The molecule has 2 N–H and O–H groups in total. The summed E-state index contributed by atoms with van der Waals surface area (Å²) in [4.78, 5) is 17.1. The summed E-state index contributed by atoms with van der Waals surface area (Å²) in [7, 11) is 0. The van der Waals surface area contributed by atoms with Gasteiger partial charge >= 0.3 is 0 Å². The first-order valence-corrected chi connectivity index (χ1v) is 10.1. The van der Waals surface area contributed by atoms with Gasteiger partial charge in [0.1, 0.15) is 5.82 Å². The minimum atomic E-state index is 0.0203. The molecule has 1 amide bonds. The van der Waals surface area contributed by atoms with Gasteiger partial charge in [0.25, 0.3) is 5.91 Å². The van der Waals surface area contributed by atoms with Gasteiger partial charge in [-0.1, -0.05) is 12.1 Å². The van der Waals surface area contributed by atoms with Crippen LogP contribution in [0.15, 0.2) is 30.5 Å². The number of hydrogen-bond acceptors (Lipinski definition) is 4. The summed E-state index contributed by atoms with van der Waals surface area (Å²) in [5.74, 6) is 1.79. The molecule has 2 aliphatic carbocycles. The molecule has 5 rings (SSSR count). The van der Waals surface area contributed by atoms with Gasteiger partial charge in [-0.3, -0.25) is 4.79 Å². The van der Waals surface area contributed by atoms with E-state index < -0.39 is 0 Å². The van der Waals surface area contributed by atoms with E-state index in [4.69, 9.17) is 4.98 Å². The van der Waals surface area contributed by atoms with Crippen molar-refractivity contribution >= 4 is 17.4 Å². The lowest BCUT2D eigenvalue weighted by molar-refractivity contribution is 0.0950. The van der Waals surface area contributed by atoms with Crippen molar-refractivity contribution in [3.8, 4) is 11.1 Å². The van der Waals surface area contributed by atoms with Crippen molar-refractivity contribution in [2.75, 3.05) is 11.9 Å². The number of amides is 1. The Hall–Kier alpha value is -2.89. The van der Waals surface area contributed by atoms with Gasteiger partial charge in [-0.05, 0) is 62.6 Å². The van der Waals surface area contributed by atoms with Gasteiger partial charge in [0.05, 0.1) is 6.20 Å². The monoisotopic (exact) mass is 375 g/mol. The Balaban J connectivity index is 1.48. The molecular weight excluding hydrogens is 350 g/mol. The van der Waals surface area contributed by atoms with Gasteiger partial charge in [0, 0.05) is 35.5 Å². The van der Waals surface area contributed by atoms with Gasteiger partial charge in [-0.25, -0.2) is 4.98 Å². The fraction of sp³-hybridized carbons (Fsp3) is 0.409. The van der Waals surface area contributed by atoms with E-state index in [1.165, 1.54) is 12.8 Å². The highest BCUT2D eigenvalue weighted by atomic mass is 16.1. The molecule has 2 aromatic heterocycles. The van der Waals surface area contributed by atoms with Crippen LogP contribution in [0.3, 0.4) is 0 Å². The fourth-order valence-electron chi connectivity index (χ4n) is 3.56. The van der Waals surface area contributed by atoms with Crippen LogP contribution >= 0.6 is 0 Å². The van der Waals surface area contributed by atoms with E-state index in [0.717, 1.165) is 64.7 Å². The minimum absolute atomic E-state index is 0.0203. The van der Waals surface area contributed by atoms with E-state index in [9.17, 15) is 4.79 Å². The lowest BCUT2D eigenvalue weighted by Crippen LogP contribution is -2.26. The lowest BCUT2D eigenvalue weighted by atomic mass is 10.0. The van der Waals surface area contributed by atoms with Gasteiger partial charge in [0.15, 0.2) is 5.65 Å². The summed E-state index contributed by atoms with van der Waals surface area (Å²) in [6, 6.07) is 8.36. The van der Waals surface area contributed by atoms with Crippen molar-refractivity contribution in [2.24, 2.45) is 5.92 Å². The van der Waals surface area contributed by atoms with Gasteiger partial charge in [-0.2, -0.15) is 9.61 Å². The van der Waals surface area contributed by atoms with Gasteiger partial charge in [0.2, 0.25) is 0 Å². The predicted molar refractivity (Wildman–Crippen MR) is 110 cm³/mol. The maximum Gasteiger partial charge on any atom is 0.251 e. The van der Waals surface area contributed by atoms with Crippen LogP contribution < -0.4 is 10.6 Å². The van der Waals surface area contributed by atoms with E-state index in [2.05, 4.69) is 21.8 Å². The zero-order chi connectivity index (χ0) is 19.3. The minimum Gasteiger partial charge on any atom is -0.370 e. The average Bonchev–Trinajstić information content (AvgIpc) is 3.59. The number of hydrogen-bond donors (Lipinski definition) is 2. The Labute approximate surface area is 164 Å². The van der Waals surface area contributed by atoms with E-state index in [1.54, 1.807) is 0 Å². The number of nitrogens with zero attached hydrogens (tertiary/aromatic N) is 3. The lowest BCUT2D eigenvalue weighted by Gasteiger charge is -2.10. The molecule has 0 radical (unpaired) electrons. The summed E-state index contributed by atoms with van der Waals surface area (Å²) >= 11 is 0. The molecule has 2 fully saturated rings. The molecule has 0 spiro atoms. The summed E-state index contributed by atoms with van der Waals surface area (Å²) in [5, 5.41) is 11.2. The fourth-order valence-corrected chi connectivity index (χ4v) is 3.56. The number of nitrogens with one attached hydrogen (secondary N) is 2. The number of fused-ring (bicyclic) bond motifs is 1. The first-order chi connectivity index (χ1) is 13.6. The molecule has 0 aliphatic heterocycles. The molecule has 2 aliphatic rings. The average molecular weight is 375 g/mol. The predicted octanol–water partition coefficient (Wildman–Crippen LogP) is 3.73. The molecule has 0 saturated heterocycles. The molecule has 6 heteroatoms. The molecule has 1 aromatic carbocycles. The van der Waals surface area contributed by atoms with Crippen molar-refractivity contribution in [1.29, 1.82) is 0 Å². The van der Waals surface area contributed by atoms with E-state index >= 15 is 0 Å². The molecule has 0 unspecified atom stereocenters. The summed E-state index contributed by atoms with van der Waals surface area (Å²) in [6.07, 6.45) is 6.67. The third-order valence-electron chi connectivity index (χ3n) is 5.56. The highest BCUT2D eigenvalue weighted by Crippen LogP contribution is 2.31. The molecule has 144 valence electrons. The third kappa shape index (κ3) is 3.35. The second-order valence-corrected chi connectivity index (χ2v) is 8.18. The standard InChI is InChI=1S/C22H25N5O/c1-13-9-16(5-8-18(13)22(28)26-17-6-7-17)19-12-24-27-20(23-11-15-3-4-15)10-14(2)25-21(19)27/h5,8-10,12,15,17,23H,3-4,6-7,11H2,1-2H3,(H,26,28). The molecule has 28 heavy (non-hydrogen) atoms. The second kappa shape index (κ2) is 6.62. The Bertz CT molecular complexity index is 1060.